The first-order valence-electron chi connectivity index (χ1n) is 6.31. The molecule has 0 aliphatic rings. The van der Waals surface area contributed by atoms with Crippen LogP contribution in [0.4, 0.5) is 0 Å². The van der Waals surface area contributed by atoms with E-state index in [1.807, 2.05) is 24.3 Å². The third-order valence-corrected chi connectivity index (χ3v) is 3.98. The van der Waals surface area contributed by atoms with Crippen LogP contribution < -0.4 is 0 Å². The van der Waals surface area contributed by atoms with Crippen molar-refractivity contribution in [1.29, 1.82) is 0 Å². The van der Waals surface area contributed by atoms with Crippen LogP contribution in [0.2, 0.25) is 5.02 Å². The lowest BCUT2D eigenvalue weighted by Crippen LogP contribution is -2.18. The Bertz CT molecular complexity index is 333. The zero-order valence-electron chi connectivity index (χ0n) is 10.8. The van der Waals surface area contributed by atoms with Crippen LogP contribution in [-0.4, -0.2) is 30.2 Å². The molecule has 0 saturated heterocycles. The van der Waals surface area contributed by atoms with Crippen molar-refractivity contribution in [2.45, 2.75) is 31.6 Å². The molecule has 1 unspecified atom stereocenters. The Labute approximate surface area is 119 Å². The minimum Gasteiger partial charge on any atom is -0.390 e. The Balaban J connectivity index is 2.12. The summed E-state index contributed by atoms with van der Waals surface area (Å²) in [4.78, 5) is 0. The molecule has 1 N–H and O–H groups in total. The molecule has 4 heteroatoms. The van der Waals surface area contributed by atoms with Gasteiger partial charge in [0.2, 0.25) is 0 Å². The van der Waals surface area contributed by atoms with E-state index in [4.69, 9.17) is 16.3 Å². The molecule has 1 aromatic rings. The lowest BCUT2D eigenvalue weighted by Gasteiger charge is -2.11. The van der Waals surface area contributed by atoms with Gasteiger partial charge in [0, 0.05) is 23.1 Å². The van der Waals surface area contributed by atoms with Gasteiger partial charge in [0.05, 0.1) is 12.7 Å². The van der Waals surface area contributed by atoms with Gasteiger partial charge in [0.25, 0.3) is 0 Å². The van der Waals surface area contributed by atoms with Crippen LogP contribution >= 0.6 is 23.4 Å². The summed E-state index contributed by atoms with van der Waals surface area (Å²) in [7, 11) is 0. The standard InChI is InChI=1S/C14H21ClO2S/c1-2-3-8-17-9-13(16)11-18-10-12-6-4-5-7-14(12)15/h4-7,13,16H,2-3,8-11H2,1H3. The van der Waals surface area contributed by atoms with Gasteiger partial charge >= 0.3 is 0 Å². The molecule has 102 valence electrons. The van der Waals surface area contributed by atoms with Crippen molar-refractivity contribution < 1.29 is 9.84 Å². The Morgan fingerprint density at radius 1 is 1.39 bits per heavy atom. The van der Waals surface area contributed by atoms with E-state index >= 15 is 0 Å². The van der Waals surface area contributed by atoms with Crippen LogP contribution in [0.25, 0.3) is 0 Å². The summed E-state index contributed by atoms with van der Waals surface area (Å²) in [5, 5.41) is 10.5. The van der Waals surface area contributed by atoms with Crippen LogP contribution in [-0.2, 0) is 10.5 Å². The van der Waals surface area contributed by atoms with Crippen LogP contribution in [0.1, 0.15) is 25.3 Å². The second-order valence-corrected chi connectivity index (χ2v) is 5.63. The van der Waals surface area contributed by atoms with E-state index in [0.717, 1.165) is 35.8 Å². The van der Waals surface area contributed by atoms with Gasteiger partial charge in [0.15, 0.2) is 0 Å². The average Bonchev–Trinajstić information content (AvgIpc) is 2.37. The number of hydrogen-bond donors (Lipinski definition) is 1. The first kappa shape index (κ1) is 15.8. The molecule has 2 nitrogen and oxygen atoms in total. The number of halogens is 1. The van der Waals surface area contributed by atoms with Crippen LogP contribution in [0.3, 0.4) is 0 Å². The van der Waals surface area contributed by atoms with Crippen molar-refractivity contribution in [3.63, 3.8) is 0 Å². The van der Waals surface area contributed by atoms with Crippen LogP contribution in [0, 0.1) is 0 Å². The van der Waals surface area contributed by atoms with Crippen LogP contribution in [0.15, 0.2) is 24.3 Å². The second kappa shape index (κ2) is 9.68. The van der Waals surface area contributed by atoms with Gasteiger partial charge in [-0.2, -0.15) is 11.8 Å². The molecule has 0 aliphatic heterocycles. The predicted molar refractivity (Wildman–Crippen MR) is 79.3 cm³/mol. The molecule has 0 bridgehead atoms. The number of rotatable bonds is 9. The molecule has 0 saturated carbocycles. The highest BCUT2D eigenvalue weighted by atomic mass is 35.5. The Morgan fingerprint density at radius 3 is 2.89 bits per heavy atom. The van der Waals surface area contributed by atoms with Crippen molar-refractivity contribution >= 4 is 23.4 Å². The largest absolute Gasteiger partial charge is 0.390 e. The highest BCUT2D eigenvalue weighted by Gasteiger charge is 2.05. The van der Waals surface area contributed by atoms with Gasteiger partial charge in [0.1, 0.15) is 0 Å². The second-order valence-electron chi connectivity index (χ2n) is 4.19. The number of ether oxygens (including phenoxy) is 1. The maximum atomic E-state index is 9.72. The van der Waals surface area contributed by atoms with Crippen molar-refractivity contribution in [3.05, 3.63) is 34.9 Å². The number of benzene rings is 1. The highest BCUT2D eigenvalue weighted by Crippen LogP contribution is 2.21. The number of unbranched alkanes of at least 4 members (excludes halogenated alkanes) is 1. The van der Waals surface area contributed by atoms with Gasteiger partial charge in [-0.3, -0.25) is 0 Å². The van der Waals surface area contributed by atoms with E-state index in [-0.39, 0.29) is 0 Å². The molecule has 0 aromatic heterocycles. The molecule has 0 radical (unpaired) electrons. The minimum atomic E-state index is -0.394. The molecule has 0 spiro atoms. The third kappa shape index (κ3) is 6.64. The number of aliphatic hydroxyl groups excluding tert-OH is 1. The zero-order valence-corrected chi connectivity index (χ0v) is 12.3. The predicted octanol–water partition coefficient (Wildman–Crippen LogP) is 3.75. The Hall–Kier alpha value is -0.220. The minimum absolute atomic E-state index is 0.394. The van der Waals surface area contributed by atoms with E-state index in [0.29, 0.717) is 12.4 Å². The summed E-state index contributed by atoms with van der Waals surface area (Å²) in [5.41, 5.74) is 1.11. The lowest BCUT2D eigenvalue weighted by atomic mass is 10.2. The monoisotopic (exact) mass is 288 g/mol. The van der Waals surface area contributed by atoms with E-state index in [9.17, 15) is 5.11 Å². The smallest absolute Gasteiger partial charge is 0.0863 e. The molecule has 1 atom stereocenters. The fourth-order valence-electron chi connectivity index (χ4n) is 1.43. The van der Waals surface area contributed by atoms with Crippen molar-refractivity contribution in [2.75, 3.05) is 19.0 Å². The van der Waals surface area contributed by atoms with Gasteiger partial charge in [-0.05, 0) is 18.1 Å². The van der Waals surface area contributed by atoms with Gasteiger partial charge in [-0.25, -0.2) is 0 Å². The van der Waals surface area contributed by atoms with E-state index < -0.39 is 6.10 Å². The Morgan fingerprint density at radius 2 is 2.17 bits per heavy atom. The number of aliphatic hydroxyl groups is 1. The van der Waals surface area contributed by atoms with Crippen molar-refractivity contribution in [1.82, 2.24) is 0 Å². The topological polar surface area (TPSA) is 29.5 Å². The maximum absolute atomic E-state index is 9.72. The molecular formula is C14H21ClO2S. The van der Waals surface area contributed by atoms with E-state index in [1.54, 1.807) is 11.8 Å². The van der Waals surface area contributed by atoms with Crippen LogP contribution in [0.5, 0.6) is 0 Å². The zero-order chi connectivity index (χ0) is 13.2. The summed E-state index contributed by atoms with van der Waals surface area (Å²) < 4.78 is 5.37. The SMILES string of the molecule is CCCCOCC(O)CSCc1ccccc1Cl. The lowest BCUT2D eigenvalue weighted by molar-refractivity contribution is 0.0473. The van der Waals surface area contributed by atoms with Gasteiger partial charge in [-0.1, -0.05) is 43.1 Å². The Kier molecular flexibility index (Phi) is 8.51. The molecule has 0 fully saturated rings. The average molecular weight is 289 g/mol. The first-order chi connectivity index (χ1) is 8.74. The molecule has 0 aliphatic carbocycles. The molecular weight excluding hydrogens is 268 g/mol. The highest BCUT2D eigenvalue weighted by molar-refractivity contribution is 7.98. The van der Waals surface area contributed by atoms with Crippen molar-refractivity contribution in [2.24, 2.45) is 0 Å². The summed E-state index contributed by atoms with van der Waals surface area (Å²) in [6.45, 7) is 3.29. The van der Waals surface area contributed by atoms with Gasteiger partial charge < -0.3 is 9.84 Å². The molecule has 1 aromatic carbocycles. The normalized spacial score (nSPS) is 12.6. The molecule has 1 rings (SSSR count). The van der Waals surface area contributed by atoms with Gasteiger partial charge in [-0.15, -0.1) is 0 Å². The molecule has 0 amide bonds. The fraction of sp³-hybridized carbons (Fsp3) is 0.571. The molecule has 0 heterocycles. The fourth-order valence-corrected chi connectivity index (χ4v) is 2.67. The summed E-state index contributed by atoms with van der Waals surface area (Å²) in [5.74, 6) is 1.50. The number of thioether (sulfide) groups is 1. The third-order valence-electron chi connectivity index (χ3n) is 2.48. The quantitative estimate of drug-likeness (QED) is 0.702. The number of hydrogen-bond acceptors (Lipinski definition) is 3. The first-order valence-corrected chi connectivity index (χ1v) is 7.84. The van der Waals surface area contributed by atoms with E-state index in [2.05, 4.69) is 6.92 Å². The summed E-state index contributed by atoms with van der Waals surface area (Å²) in [6.07, 6.45) is 1.78. The maximum Gasteiger partial charge on any atom is 0.0863 e. The van der Waals surface area contributed by atoms with E-state index in [1.165, 1.54) is 0 Å². The van der Waals surface area contributed by atoms with Crippen molar-refractivity contribution in [3.8, 4) is 0 Å². The molecule has 18 heavy (non-hydrogen) atoms. The summed E-state index contributed by atoms with van der Waals surface area (Å²) in [6, 6.07) is 7.81. The summed E-state index contributed by atoms with van der Waals surface area (Å²) >= 11 is 7.74.